The van der Waals surface area contributed by atoms with Crippen molar-refractivity contribution >= 4 is 52.2 Å². The summed E-state index contributed by atoms with van der Waals surface area (Å²) in [5.41, 5.74) is 0.163. The average Bonchev–Trinajstić information content (AvgIpc) is 3.26. The molecule has 1 saturated heterocycles. The molecule has 1 atom stereocenters. The van der Waals surface area contributed by atoms with Gasteiger partial charge in [0.1, 0.15) is 22.6 Å². The Morgan fingerprint density at radius 1 is 1.37 bits per heavy atom. The smallest absolute Gasteiger partial charge is 0.329 e. The third-order valence-electron chi connectivity index (χ3n) is 4.17. The number of thioether (sulfide) groups is 1. The third kappa shape index (κ3) is 4.24. The highest BCUT2D eigenvalue weighted by Gasteiger charge is 2.41. The number of esters is 1. The van der Waals surface area contributed by atoms with Gasteiger partial charge in [0, 0.05) is 17.7 Å². The summed E-state index contributed by atoms with van der Waals surface area (Å²) in [5.74, 6) is -0.728. The summed E-state index contributed by atoms with van der Waals surface area (Å²) >= 11 is 6.49. The Kier molecular flexibility index (Phi) is 6.28. The average molecular weight is 451 g/mol. The van der Waals surface area contributed by atoms with Crippen molar-refractivity contribution in [3.8, 4) is 11.3 Å². The van der Waals surface area contributed by atoms with Crippen LogP contribution in [0.15, 0.2) is 39.7 Å². The summed E-state index contributed by atoms with van der Waals surface area (Å²) in [7, 11) is 0. The molecule has 0 spiro atoms. The summed E-state index contributed by atoms with van der Waals surface area (Å²) in [6, 6.07) is 6.31. The first kappa shape index (κ1) is 21.6. The van der Waals surface area contributed by atoms with Crippen LogP contribution in [0.3, 0.4) is 0 Å². The molecule has 0 unspecified atom stereocenters. The Bertz CT molecular complexity index is 1080. The van der Waals surface area contributed by atoms with Gasteiger partial charge in [-0.2, -0.15) is 0 Å². The fraction of sp³-hybridized carbons (Fsp3) is 0.211. The van der Waals surface area contributed by atoms with Crippen LogP contribution in [0, 0.1) is 10.1 Å². The van der Waals surface area contributed by atoms with Gasteiger partial charge in [-0.25, -0.2) is 4.79 Å². The van der Waals surface area contributed by atoms with Crippen molar-refractivity contribution in [3.05, 3.63) is 56.1 Å². The minimum atomic E-state index is -1.05. The number of ether oxygens (including phenoxy) is 1. The van der Waals surface area contributed by atoms with E-state index >= 15 is 0 Å². The number of nitro benzene ring substituents is 1. The summed E-state index contributed by atoms with van der Waals surface area (Å²) in [4.78, 5) is 48.0. The van der Waals surface area contributed by atoms with Gasteiger partial charge >= 0.3 is 5.97 Å². The molecule has 1 aliphatic rings. The molecule has 11 heteroatoms. The zero-order valence-electron chi connectivity index (χ0n) is 15.8. The molecule has 1 aliphatic heterocycles. The molecular weight excluding hydrogens is 436 g/mol. The van der Waals surface area contributed by atoms with Crippen LogP contribution in [0.1, 0.15) is 19.6 Å². The standard InChI is InChI=1S/C19H15ClN2O7S/c1-3-28-18(24)10(2)21-17(23)16(30-19(21)25)9-12-5-7-15(29-12)11-4-6-13(20)14(8-11)22(26)27/h4-10H,3H2,1-2H3/b16-9-/t10-/m1/s1. The Hall–Kier alpha value is -3.11. The van der Waals surface area contributed by atoms with E-state index in [9.17, 15) is 24.5 Å². The lowest BCUT2D eigenvalue weighted by Crippen LogP contribution is -2.42. The van der Waals surface area contributed by atoms with Crippen molar-refractivity contribution in [1.29, 1.82) is 0 Å². The predicted octanol–water partition coefficient (Wildman–Crippen LogP) is 4.50. The number of amides is 2. The summed E-state index contributed by atoms with van der Waals surface area (Å²) in [5, 5.41) is 10.5. The number of nitrogens with zero attached hydrogens (tertiary/aromatic N) is 2. The molecule has 0 bridgehead atoms. The van der Waals surface area contributed by atoms with Gasteiger partial charge in [0.25, 0.3) is 16.8 Å². The van der Waals surface area contributed by atoms with Crippen LogP contribution in [-0.2, 0) is 14.3 Å². The zero-order valence-corrected chi connectivity index (χ0v) is 17.4. The minimum Gasteiger partial charge on any atom is -0.464 e. The number of carbonyl (C=O) groups excluding carboxylic acids is 3. The second kappa shape index (κ2) is 8.72. The summed E-state index contributed by atoms with van der Waals surface area (Å²) in [6.45, 7) is 3.17. The highest BCUT2D eigenvalue weighted by Crippen LogP contribution is 2.35. The Balaban J connectivity index is 1.84. The highest BCUT2D eigenvalue weighted by atomic mass is 35.5. The number of halogens is 1. The van der Waals surface area contributed by atoms with Gasteiger partial charge < -0.3 is 9.15 Å². The molecule has 2 heterocycles. The predicted molar refractivity (Wildman–Crippen MR) is 110 cm³/mol. The molecule has 0 saturated carbocycles. The van der Waals surface area contributed by atoms with Crippen molar-refractivity contribution in [2.75, 3.05) is 6.61 Å². The van der Waals surface area contributed by atoms with E-state index in [1.165, 1.54) is 25.1 Å². The van der Waals surface area contributed by atoms with E-state index in [2.05, 4.69) is 0 Å². The lowest BCUT2D eigenvalue weighted by molar-refractivity contribution is -0.384. The number of benzene rings is 1. The van der Waals surface area contributed by atoms with Gasteiger partial charge in [-0.3, -0.25) is 24.6 Å². The lowest BCUT2D eigenvalue weighted by Gasteiger charge is -2.19. The van der Waals surface area contributed by atoms with Gasteiger partial charge in [0.15, 0.2) is 0 Å². The van der Waals surface area contributed by atoms with Gasteiger partial charge in [-0.15, -0.1) is 0 Å². The maximum absolute atomic E-state index is 12.6. The lowest BCUT2D eigenvalue weighted by atomic mass is 10.1. The van der Waals surface area contributed by atoms with Crippen molar-refractivity contribution in [2.45, 2.75) is 19.9 Å². The fourth-order valence-corrected chi connectivity index (χ4v) is 3.78. The molecule has 0 N–H and O–H groups in total. The molecule has 30 heavy (non-hydrogen) atoms. The molecule has 3 rings (SSSR count). The van der Waals surface area contributed by atoms with Crippen LogP contribution in [0.4, 0.5) is 10.5 Å². The number of imide groups is 1. The van der Waals surface area contributed by atoms with Crippen LogP contribution in [-0.4, -0.2) is 39.6 Å². The van der Waals surface area contributed by atoms with E-state index in [4.69, 9.17) is 20.8 Å². The first-order chi connectivity index (χ1) is 14.2. The van der Waals surface area contributed by atoms with E-state index in [1.54, 1.807) is 25.1 Å². The second-order valence-corrected chi connectivity index (χ2v) is 7.51. The maximum atomic E-state index is 12.6. The number of nitro groups is 1. The van der Waals surface area contributed by atoms with Crippen molar-refractivity contribution in [1.82, 2.24) is 4.90 Å². The van der Waals surface area contributed by atoms with E-state index in [0.717, 1.165) is 4.90 Å². The molecule has 156 valence electrons. The Morgan fingerprint density at radius 3 is 2.77 bits per heavy atom. The van der Waals surface area contributed by atoms with Gasteiger partial charge in [0.2, 0.25) is 0 Å². The zero-order chi connectivity index (χ0) is 22.0. The first-order valence-electron chi connectivity index (χ1n) is 8.70. The molecule has 9 nitrogen and oxygen atoms in total. The molecule has 2 amide bonds. The van der Waals surface area contributed by atoms with Gasteiger partial charge in [-0.05, 0) is 49.9 Å². The maximum Gasteiger partial charge on any atom is 0.329 e. The van der Waals surface area contributed by atoms with Crippen LogP contribution < -0.4 is 0 Å². The summed E-state index contributed by atoms with van der Waals surface area (Å²) in [6.07, 6.45) is 1.37. The molecule has 1 fully saturated rings. The fourth-order valence-electron chi connectivity index (χ4n) is 2.70. The number of rotatable bonds is 6. The number of hydrogen-bond acceptors (Lipinski definition) is 8. The molecular formula is C19H15ClN2O7S. The molecule has 1 aromatic heterocycles. The van der Waals surface area contributed by atoms with E-state index < -0.39 is 28.1 Å². The SMILES string of the molecule is CCOC(=O)[C@@H](C)N1C(=O)S/C(=C\c2ccc(-c3ccc(Cl)c([N+](=O)[O-])c3)o2)C1=O. The molecule has 0 aliphatic carbocycles. The van der Waals surface area contributed by atoms with Crippen molar-refractivity contribution in [3.63, 3.8) is 0 Å². The number of furan rings is 1. The van der Waals surface area contributed by atoms with Crippen LogP contribution in [0.25, 0.3) is 17.4 Å². The first-order valence-corrected chi connectivity index (χ1v) is 9.90. The highest BCUT2D eigenvalue weighted by molar-refractivity contribution is 8.18. The number of carbonyl (C=O) groups is 3. The van der Waals surface area contributed by atoms with Crippen LogP contribution in [0.5, 0.6) is 0 Å². The van der Waals surface area contributed by atoms with E-state index in [-0.39, 0.29) is 28.0 Å². The molecule has 2 aromatic rings. The quantitative estimate of drug-likeness (QED) is 0.273. The molecule has 0 radical (unpaired) electrons. The van der Waals surface area contributed by atoms with Crippen molar-refractivity contribution in [2.24, 2.45) is 0 Å². The Morgan fingerprint density at radius 2 is 2.10 bits per heavy atom. The number of hydrogen-bond donors (Lipinski definition) is 0. The van der Waals surface area contributed by atoms with Gasteiger partial charge in [-0.1, -0.05) is 11.6 Å². The van der Waals surface area contributed by atoms with E-state index in [1.807, 2.05) is 0 Å². The minimum absolute atomic E-state index is 0.0000710. The topological polar surface area (TPSA) is 120 Å². The molecule has 1 aromatic carbocycles. The van der Waals surface area contributed by atoms with Gasteiger partial charge in [0.05, 0.1) is 16.4 Å². The second-order valence-electron chi connectivity index (χ2n) is 6.11. The van der Waals surface area contributed by atoms with Crippen molar-refractivity contribution < 1.29 is 28.5 Å². The third-order valence-corrected chi connectivity index (χ3v) is 5.37. The monoisotopic (exact) mass is 450 g/mol. The normalized spacial score (nSPS) is 16.2. The summed E-state index contributed by atoms with van der Waals surface area (Å²) < 4.78 is 10.5. The van der Waals surface area contributed by atoms with E-state index in [0.29, 0.717) is 23.1 Å². The Labute approximate surface area is 179 Å². The largest absolute Gasteiger partial charge is 0.464 e. The van der Waals surface area contributed by atoms with Crippen LogP contribution >= 0.6 is 23.4 Å². The van der Waals surface area contributed by atoms with Crippen LogP contribution in [0.2, 0.25) is 5.02 Å².